The molecule has 3 aromatic carbocycles. The number of para-hydroxylation sites is 1. The maximum absolute atomic E-state index is 13.7. The van der Waals surface area contributed by atoms with Crippen LogP contribution in [0.1, 0.15) is 29.8 Å². The van der Waals surface area contributed by atoms with Gasteiger partial charge in [-0.25, -0.2) is 9.59 Å². The molecule has 0 saturated carbocycles. The number of halogens is 3. The van der Waals surface area contributed by atoms with Crippen molar-refractivity contribution in [3.8, 4) is 5.75 Å². The van der Waals surface area contributed by atoms with E-state index in [9.17, 15) is 32.7 Å². The van der Waals surface area contributed by atoms with Gasteiger partial charge in [0.2, 0.25) is 0 Å². The van der Waals surface area contributed by atoms with Gasteiger partial charge in [0.25, 0.3) is 5.91 Å². The van der Waals surface area contributed by atoms with E-state index in [0.717, 1.165) is 24.3 Å². The number of ether oxygens (including phenoxy) is 1. The number of carbonyl (C=O) groups excluding carboxylic acids is 3. The molecule has 44 heavy (non-hydrogen) atoms. The number of nitrogens with one attached hydrogen (secondary N) is 3. The molecular weight excluding hydrogens is 579 g/mol. The summed E-state index contributed by atoms with van der Waals surface area (Å²) >= 11 is 0. The molecule has 0 aromatic heterocycles. The zero-order chi connectivity index (χ0) is 32.0. The molecule has 3 aromatic rings. The molecule has 0 spiro atoms. The van der Waals surface area contributed by atoms with E-state index >= 15 is 0 Å². The number of urea groups is 2. The van der Waals surface area contributed by atoms with E-state index in [1.165, 1.54) is 28.0 Å². The van der Waals surface area contributed by atoms with Gasteiger partial charge in [0.05, 0.1) is 30.3 Å². The van der Waals surface area contributed by atoms with Crippen molar-refractivity contribution in [2.24, 2.45) is 5.92 Å². The highest BCUT2D eigenvalue weighted by molar-refractivity contribution is 6.02. The number of rotatable bonds is 7. The molecule has 1 aliphatic rings. The number of hydrogen-bond donors (Lipinski definition) is 4. The highest BCUT2D eigenvalue weighted by atomic mass is 19.4. The Bertz CT molecular complexity index is 1470. The summed E-state index contributed by atoms with van der Waals surface area (Å²) in [5, 5.41) is 17.8. The topological polar surface area (TPSA) is 123 Å². The Morgan fingerprint density at radius 1 is 1.00 bits per heavy atom. The summed E-state index contributed by atoms with van der Waals surface area (Å²) in [6, 6.07) is 15.8. The van der Waals surface area contributed by atoms with Gasteiger partial charge in [0.15, 0.2) is 0 Å². The largest absolute Gasteiger partial charge is 0.487 e. The van der Waals surface area contributed by atoms with Gasteiger partial charge in [0, 0.05) is 36.6 Å². The van der Waals surface area contributed by atoms with Crippen molar-refractivity contribution in [2.45, 2.75) is 32.2 Å². The summed E-state index contributed by atoms with van der Waals surface area (Å²) in [6.07, 6.45) is -5.04. The van der Waals surface area contributed by atoms with Gasteiger partial charge in [-0.15, -0.1) is 0 Å². The molecule has 0 fully saturated rings. The van der Waals surface area contributed by atoms with Crippen LogP contribution in [0.5, 0.6) is 5.75 Å². The zero-order valence-electron chi connectivity index (χ0n) is 24.4. The van der Waals surface area contributed by atoms with Crippen molar-refractivity contribution in [1.29, 1.82) is 0 Å². The number of carbonyl (C=O) groups is 3. The Balaban J connectivity index is 1.53. The normalized spacial score (nSPS) is 17.3. The summed E-state index contributed by atoms with van der Waals surface area (Å²) in [5.41, 5.74) is 0.289. The lowest BCUT2D eigenvalue weighted by atomic mass is 9.99. The second-order valence-electron chi connectivity index (χ2n) is 10.7. The van der Waals surface area contributed by atoms with Crippen LogP contribution in [0.2, 0.25) is 0 Å². The van der Waals surface area contributed by atoms with Crippen molar-refractivity contribution < 1.29 is 37.4 Å². The molecule has 4 N–H and O–H groups in total. The molecule has 234 valence electrons. The lowest BCUT2D eigenvalue weighted by Crippen LogP contribution is -2.50. The zero-order valence-corrected chi connectivity index (χ0v) is 24.4. The molecule has 3 atom stereocenters. The van der Waals surface area contributed by atoms with E-state index in [1.807, 2.05) is 25.1 Å². The van der Waals surface area contributed by atoms with Crippen LogP contribution in [0, 0.1) is 5.92 Å². The molecule has 13 heteroatoms. The highest BCUT2D eigenvalue weighted by Gasteiger charge is 2.34. The Kier molecular flexibility index (Phi) is 9.99. The maximum Gasteiger partial charge on any atom is 0.416 e. The molecule has 1 heterocycles. The Labute approximate surface area is 252 Å². The third-order valence-electron chi connectivity index (χ3n) is 7.22. The maximum atomic E-state index is 13.7. The molecule has 0 aliphatic carbocycles. The van der Waals surface area contributed by atoms with Gasteiger partial charge in [0.1, 0.15) is 11.9 Å². The number of benzene rings is 3. The molecule has 4 rings (SSSR count). The second kappa shape index (κ2) is 13.7. The van der Waals surface area contributed by atoms with Gasteiger partial charge in [-0.1, -0.05) is 25.1 Å². The summed E-state index contributed by atoms with van der Waals surface area (Å²) in [4.78, 5) is 42.2. The molecule has 0 unspecified atom stereocenters. The fourth-order valence-corrected chi connectivity index (χ4v) is 4.65. The van der Waals surface area contributed by atoms with Gasteiger partial charge in [-0.3, -0.25) is 4.79 Å². The second-order valence-corrected chi connectivity index (χ2v) is 10.7. The van der Waals surface area contributed by atoms with Crippen LogP contribution in [-0.2, 0) is 6.18 Å². The van der Waals surface area contributed by atoms with E-state index in [-0.39, 0.29) is 54.3 Å². The van der Waals surface area contributed by atoms with Crippen LogP contribution >= 0.6 is 0 Å². The van der Waals surface area contributed by atoms with E-state index in [4.69, 9.17) is 4.74 Å². The summed E-state index contributed by atoms with van der Waals surface area (Å²) in [5.74, 6) is -0.429. The third kappa shape index (κ3) is 7.98. The van der Waals surface area contributed by atoms with Crippen LogP contribution in [0.4, 0.5) is 39.8 Å². The average Bonchev–Trinajstić information content (AvgIpc) is 2.99. The summed E-state index contributed by atoms with van der Waals surface area (Å²) < 4.78 is 44.8. The Morgan fingerprint density at radius 2 is 1.61 bits per heavy atom. The van der Waals surface area contributed by atoms with Gasteiger partial charge < -0.3 is 35.6 Å². The van der Waals surface area contributed by atoms with Crippen molar-refractivity contribution in [3.05, 3.63) is 83.9 Å². The van der Waals surface area contributed by atoms with Crippen LogP contribution in [0.25, 0.3) is 0 Å². The molecule has 10 nitrogen and oxygen atoms in total. The number of aliphatic hydroxyl groups excluding tert-OH is 1. The van der Waals surface area contributed by atoms with Crippen molar-refractivity contribution in [1.82, 2.24) is 9.80 Å². The number of fused-ring (bicyclic) bond motifs is 1. The molecule has 5 amide bonds. The van der Waals surface area contributed by atoms with E-state index < -0.39 is 35.8 Å². The van der Waals surface area contributed by atoms with Gasteiger partial charge >= 0.3 is 18.2 Å². The lowest BCUT2D eigenvalue weighted by molar-refractivity contribution is -0.137. The first kappa shape index (κ1) is 32.1. The van der Waals surface area contributed by atoms with E-state index in [0.29, 0.717) is 5.69 Å². The van der Waals surface area contributed by atoms with Gasteiger partial charge in [-0.2, -0.15) is 13.2 Å². The first-order chi connectivity index (χ1) is 20.8. The molecule has 0 bridgehead atoms. The standard InChI is InChI=1S/C31H34F3N5O5/c1-19-16-39(20(2)18-40)28(41)25-15-24(36-29(42)35-23-11-9-21(10-12-23)31(32,33)34)13-14-26(25)44-27(19)17-38(3)30(43)37-22-7-5-4-6-8-22/h4-15,19-20,27,40H,16-18H2,1-3H3,(H,37,43)(H2,35,36,42)/t19-,20-,27-/m1/s1. The minimum Gasteiger partial charge on any atom is -0.487 e. The number of alkyl halides is 3. The highest BCUT2D eigenvalue weighted by Crippen LogP contribution is 2.32. The Hall–Kier alpha value is -4.78. The average molecular weight is 614 g/mol. The number of anilines is 3. The molecular formula is C31H34F3N5O5. The smallest absolute Gasteiger partial charge is 0.416 e. The number of amides is 5. The van der Waals surface area contributed by atoms with Crippen molar-refractivity contribution in [2.75, 3.05) is 42.7 Å². The van der Waals surface area contributed by atoms with Gasteiger partial charge in [-0.05, 0) is 61.5 Å². The first-order valence-electron chi connectivity index (χ1n) is 13.9. The SMILES string of the molecule is C[C@@H]1CN([C@H](C)CO)C(=O)c2cc(NC(=O)Nc3ccc(C(F)(F)F)cc3)ccc2O[C@@H]1CN(C)C(=O)Nc1ccccc1. The van der Waals surface area contributed by atoms with Crippen molar-refractivity contribution in [3.63, 3.8) is 0 Å². The fraction of sp³-hybridized carbons (Fsp3) is 0.323. The minimum absolute atomic E-state index is 0.130. The van der Waals surface area contributed by atoms with Crippen LogP contribution in [0.15, 0.2) is 72.8 Å². The monoisotopic (exact) mass is 613 g/mol. The Morgan fingerprint density at radius 3 is 2.25 bits per heavy atom. The quantitative estimate of drug-likeness (QED) is 0.271. The molecule has 1 aliphatic heterocycles. The fourth-order valence-electron chi connectivity index (χ4n) is 4.65. The predicted octanol–water partition coefficient (Wildman–Crippen LogP) is 5.73. The van der Waals surface area contributed by atoms with E-state index in [2.05, 4.69) is 16.0 Å². The van der Waals surface area contributed by atoms with E-state index in [1.54, 1.807) is 26.1 Å². The number of nitrogens with zero attached hydrogens (tertiary/aromatic N) is 2. The minimum atomic E-state index is -4.50. The lowest BCUT2D eigenvalue weighted by Gasteiger charge is -2.38. The predicted molar refractivity (Wildman–Crippen MR) is 160 cm³/mol. The summed E-state index contributed by atoms with van der Waals surface area (Å²) in [6.45, 7) is 3.73. The molecule has 0 saturated heterocycles. The third-order valence-corrected chi connectivity index (χ3v) is 7.22. The first-order valence-corrected chi connectivity index (χ1v) is 13.9. The van der Waals surface area contributed by atoms with Crippen LogP contribution < -0.4 is 20.7 Å². The van der Waals surface area contributed by atoms with Crippen LogP contribution in [0.3, 0.4) is 0 Å². The number of hydrogen-bond acceptors (Lipinski definition) is 5. The number of likely N-dealkylation sites (N-methyl/N-ethyl adjacent to an activating group) is 1. The van der Waals surface area contributed by atoms with Crippen LogP contribution in [-0.4, -0.2) is 71.8 Å². The summed E-state index contributed by atoms with van der Waals surface area (Å²) in [7, 11) is 1.63. The van der Waals surface area contributed by atoms with Crippen molar-refractivity contribution >= 4 is 35.0 Å². The number of aliphatic hydroxyl groups is 1. The molecule has 0 radical (unpaired) electrons.